The van der Waals surface area contributed by atoms with E-state index in [0.717, 1.165) is 45.3 Å². The van der Waals surface area contributed by atoms with E-state index in [9.17, 15) is 14.7 Å². The van der Waals surface area contributed by atoms with E-state index in [2.05, 4.69) is 15.5 Å². The molecule has 120 valence electrons. The van der Waals surface area contributed by atoms with E-state index in [1.165, 1.54) is 6.92 Å². The summed E-state index contributed by atoms with van der Waals surface area (Å²) in [6, 6.07) is 0.224. The van der Waals surface area contributed by atoms with Crippen LogP contribution < -0.4 is 10.6 Å². The zero-order chi connectivity index (χ0) is 15.5. The summed E-state index contributed by atoms with van der Waals surface area (Å²) in [4.78, 5) is 25.4. The summed E-state index contributed by atoms with van der Waals surface area (Å²) in [7, 11) is 0. The number of likely N-dealkylation sites (tertiary alicyclic amines) is 1. The maximum absolute atomic E-state index is 12.3. The molecular weight excluding hydrogens is 274 g/mol. The van der Waals surface area contributed by atoms with Crippen molar-refractivity contribution in [3.8, 4) is 0 Å². The second-order valence-corrected chi connectivity index (χ2v) is 6.17. The molecule has 2 atom stereocenters. The molecule has 0 aromatic heterocycles. The molecule has 0 radical (unpaired) electrons. The Labute approximate surface area is 124 Å². The van der Waals surface area contributed by atoms with Gasteiger partial charge in [-0.25, -0.2) is 4.79 Å². The number of nitrogens with zero attached hydrogens (tertiary/aromatic N) is 1. The fourth-order valence-corrected chi connectivity index (χ4v) is 3.10. The molecule has 0 aromatic carbocycles. The van der Waals surface area contributed by atoms with E-state index in [1.807, 2.05) is 0 Å². The van der Waals surface area contributed by atoms with Crippen LogP contribution in [-0.4, -0.2) is 70.9 Å². The standard InChI is InChI=1S/C14H25N3O4/c1-14(21,13(19)20)9-16-12(18)11-3-2-8-17(11)10-4-6-15-7-5-10/h10-11,15,21H,2-9H2,1H3,(H,16,18)(H,19,20). The molecule has 0 spiro atoms. The molecular formula is C14H25N3O4. The predicted octanol–water partition coefficient (Wildman–Crippen LogP) is -0.845. The molecule has 2 aliphatic rings. The van der Waals surface area contributed by atoms with Crippen molar-refractivity contribution in [2.75, 3.05) is 26.2 Å². The molecule has 0 bridgehead atoms. The predicted molar refractivity (Wildman–Crippen MR) is 76.9 cm³/mol. The zero-order valence-electron chi connectivity index (χ0n) is 12.5. The molecule has 0 aromatic rings. The SMILES string of the molecule is CC(O)(CNC(=O)C1CCCN1C1CCNCC1)C(=O)O. The summed E-state index contributed by atoms with van der Waals surface area (Å²) < 4.78 is 0. The van der Waals surface area contributed by atoms with E-state index in [-0.39, 0.29) is 18.5 Å². The summed E-state index contributed by atoms with van der Waals surface area (Å²) in [6.45, 7) is 3.79. The van der Waals surface area contributed by atoms with E-state index in [1.54, 1.807) is 0 Å². The van der Waals surface area contributed by atoms with Gasteiger partial charge < -0.3 is 20.8 Å². The minimum atomic E-state index is -1.92. The highest BCUT2D eigenvalue weighted by molar-refractivity contribution is 5.83. The molecule has 1 amide bonds. The summed E-state index contributed by atoms with van der Waals surface area (Å²) in [5.74, 6) is -1.50. The molecule has 2 heterocycles. The van der Waals surface area contributed by atoms with Gasteiger partial charge in [-0.2, -0.15) is 0 Å². The van der Waals surface area contributed by atoms with Crippen molar-refractivity contribution in [2.45, 2.75) is 50.3 Å². The van der Waals surface area contributed by atoms with Crippen LogP contribution in [-0.2, 0) is 9.59 Å². The zero-order valence-corrected chi connectivity index (χ0v) is 12.5. The highest BCUT2D eigenvalue weighted by atomic mass is 16.4. The number of amides is 1. The summed E-state index contributed by atoms with van der Waals surface area (Å²) >= 11 is 0. The molecule has 2 aliphatic heterocycles. The first-order chi connectivity index (χ1) is 9.92. The van der Waals surface area contributed by atoms with Crippen molar-refractivity contribution in [2.24, 2.45) is 0 Å². The smallest absolute Gasteiger partial charge is 0.337 e. The van der Waals surface area contributed by atoms with Crippen molar-refractivity contribution in [1.82, 2.24) is 15.5 Å². The Kier molecular flexibility index (Phi) is 5.18. The fourth-order valence-electron chi connectivity index (χ4n) is 3.10. The third kappa shape index (κ3) is 3.93. The van der Waals surface area contributed by atoms with Gasteiger partial charge in [-0.05, 0) is 52.2 Å². The molecule has 2 unspecified atom stereocenters. The van der Waals surface area contributed by atoms with Crippen LogP contribution in [0.15, 0.2) is 0 Å². The largest absolute Gasteiger partial charge is 0.479 e. The van der Waals surface area contributed by atoms with Crippen LogP contribution in [0.4, 0.5) is 0 Å². The number of piperidine rings is 1. The quantitative estimate of drug-likeness (QED) is 0.528. The van der Waals surface area contributed by atoms with Crippen LogP contribution in [0.2, 0.25) is 0 Å². The first kappa shape index (κ1) is 16.2. The number of aliphatic hydroxyl groups is 1. The highest BCUT2D eigenvalue weighted by Gasteiger charge is 2.37. The number of carboxylic acids is 1. The average molecular weight is 299 g/mol. The molecule has 21 heavy (non-hydrogen) atoms. The Balaban J connectivity index is 1.90. The van der Waals surface area contributed by atoms with Crippen LogP contribution in [0.25, 0.3) is 0 Å². The molecule has 2 fully saturated rings. The molecule has 0 aliphatic carbocycles. The number of carbonyl (C=O) groups is 2. The number of hydrogen-bond donors (Lipinski definition) is 4. The van der Waals surface area contributed by atoms with Gasteiger partial charge >= 0.3 is 5.97 Å². The minimum Gasteiger partial charge on any atom is -0.479 e. The van der Waals surface area contributed by atoms with Gasteiger partial charge in [-0.15, -0.1) is 0 Å². The molecule has 4 N–H and O–H groups in total. The van der Waals surface area contributed by atoms with Crippen molar-refractivity contribution in [1.29, 1.82) is 0 Å². The number of rotatable bonds is 5. The van der Waals surface area contributed by atoms with Crippen molar-refractivity contribution in [3.05, 3.63) is 0 Å². The number of aliphatic carboxylic acids is 1. The van der Waals surface area contributed by atoms with Crippen LogP contribution in [0, 0.1) is 0 Å². The third-order valence-corrected chi connectivity index (χ3v) is 4.44. The number of hydrogen-bond acceptors (Lipinski definition) is 5. The monoisotopic (exact) mass is 299 g/mol. The highest BCUT2D eigenvalue weighted by Crippen LogP contribution is 2.24. The van der Waals surface area contributed by atoms with Crippen LogP contribution in [0.1, 0.15) is 32.6 Å². The Hall–Kier alpha value is -1.18. The van der Waals surface area contributed by atoms with Crippen LogP contribution in [0.3, 0.4) is 0 Å². The van der Waals surface area contributed by atoms with E-state index in [0.29, 0.717) is 6.04 Å². The van der Waals surface area contributed by atoms with Crippen molar-refractivity contribution >= 4 is 11.9 Å². The van der Waals surface area contributed by atoms with Crippen LogP contribution in [0.5, 0.6) is 0 Å². The molecule has 2 saturated heterocycles. The normalized spacial score (nSPS) is 27.2. The first-order valence-electron chi connectivity index (χ1n) is 7.62. The summed E-state index contributed by atoms with van der Waals surface area (Å²) in [5, 5.41) is 24.4. The number of nitrogens with one attached hydrogen (secondary N) is 2. The molecule has 7 nitrogen and oxygen atoms in total. The van der Waals surface area contributed by atoms with Gasteiger partial charge in [0.15, 0.2) is 5.60 Å². The molecule has 0 saturated carbocycles. The molecule has 2 rings (SSSR count). The second-order valence-electron chi connectivity index (χ2n) is 6.17. The van der Waals surface area contributed by atoms with E-state index >= 15 is 0 Å². The van der Waals surface area contributed by atoms with Gasteiger partial charge in [-0.1, -0.05) is 0 Å². The second kappa shape index (κ2) is 6.72. The van der Waals surface area contributed by atoms with Gasteiger partial charge in [0.2, 0.25) is 5.91 Å². The van der Waals surface area contributed by atoms with Crippen molar-refractivity contribution in [3.63, 3.8) is 0 Å². The Morgan fingerprint density at radius 1 is 1.33 bits per heavy atom. The van der Waals surface area contributed by atoms with Gasteiger partial charge in [0.25, 0.3) is 0 Å². The lowest BCUT2D eigenvalue weighted by molar-refractivity contribution is -0.156. The average Bonchev–Trinajstić information content (AvgIpc) is 2.95. The Morgan fingerprint density at radius 3 is 2.62 bits per heavy atom. The lowest BCUT2D eigenvalue weighted by Gasteiger charge is -2.35. The van der Waals surface area contributed by atoms with Gasteiger partial charge in [-0.3, -0.25) is 9.69 Å². The van der Waals surface area contributed by atoms with E-state index < -0.39 is 11.6 Å². The number of carboxylic acid groups (broad SMARTS) is 1. The minimum absolute atomic E-state index is 0.174. The lowest BCUT2D eigenvalue weighted by atomic mass is 10.0. The van der Waals surface area contributed by atoms with Gasteiger partial charge in [0.05, 0.1) is 12.6 Å². The van der Waals surface area contributed by atoms with Crippen molar-refractivity contribution < 1.29 is 19.8 Å². The lowest BCUT2D eigenvalue weighted by Crippen LogP contribution is -2.54. The van der Waals surface area contributed by atoms with Gasteiger partial charge in [0, 0.05) is 6.04 Å². The topological polar surface area (TPSA) is 102 Å². The summed E-state index contributed by atoms with van der Waals surface area (Å²) in [6.07, 6.45) is 3.86. The fraction of sp³-hybridized carbons (Fsp3) is 0.857. The maximum atomic E-state index is 12.3. The number of carbonyl (C=O) groups excluding carboxylic acids is 1. The molecule has 7 heteroatoms. The third-order valence-electron chi connectivity index (χ3n) is 4.44. The first-order valence-corrected chi connectivity index (χ1v) is 7.62. The van der Waals surface area contributed by atoms with Gasteiger partial charge in [0.1, 0.15) is 0 Å². The van der Waals surface area contributed by atoms with Crippen LogP contribution >= 0.6 is 0 Å². The van der Waals surface area contributed by atoms with E-state index in [4.69, 9.17) is 5.11 Å². The maximum Gasteiger partial charge on any atom is 0.337 e. The Bertz CT molecular complexity index is 394. The summed E-state index contributed by atoms with van der Waals surface area (Å²) in [5.41, 5.74) is -1.92. The Morgan fingerprint density at radius 2 is 2.00 bits per heavy atom.